The number of fused-ring (bicyclic) bond motifs is 1. The maximum absolute atomic E-state index is 12.4. The van der Waals surface area contributed by atoms with E-state index in [0.29, 0.717) is 21.8 Å². The lowest BCUT2D eigenvalue weighted by Crippen LogP contribution is -2.05. The van der Waals surface area contributed by atoms with E-state index in [1.54, 1.807) is 30.3 Å². The highest BCUT2D eigenvalue weighted by molar-refractivity contribution is 7.20. The van der Waals surface area contributed by atoms with Crippen LogP contribution in [0.2, 0.25) is 0 Å². The number of nitrogens with zero attached hydrogens (tertiary/aromatic N) is 1. The highest BCUT2D eigenvalue weighted by Crippen LogP contribution is 2.27. The van der Waals surface area contributed by atoms with Crippen molar-refractivity contribution in [2.45, 2.75) is 6.92 Å². The molecule has 1 amide bonds. The maximum atomic E-state index is 12.4. The molecular weight excluding hydrogens is 300 g/mol. The van der Waals surface area contributed by atoms with Gasteiger partial charge in [-0.05, 0) is 42.5 Å². The molecular formula is C16H12N2O3S. The summed E-state index contributed by atoms with van der Waals surface area (Å²) in [5.74, 6) is -0.229. The van der Waals surface area contributed by atoms with E-state index in [0.717, 1.165) is 4.70 Å². The Morgan fingerprint density at radius 2 is 1.86 bits per heavy atom. The van der Waals surface area contributed by atoms with E-state index in [9.17, 15) is 14.7 Å². The van der Waals surface area contributed by atoms with Gasteiger partial charge in [0.25, 0.3) is 0 Å². The predicted molar refractivity (Wildman–Crippen MR) is 85.5 cm³/mol. The van der Waals surface area contributed by atoms with E-state index in [2.05, 4.69) is 10.3 Å². The minimum Gasteiger partial charge on any atom is -0.508 e. The van der Waals surface area contributed by atoms with Crippen LogP contribution in [0, 0.1) is 0 Å². The number of thiazole rings is 1. The number of ketones is 1. The Balaban J connectivity index is 1.95. The van der Waals surface area contributed by atoms with Crippen LogP contribution in [0.3, 0.4) is 0 Å². The minimum absolute atomic E-state index is 0.112. The number of aromatic hydroxyl groups is 1. The highest BCUT2D eigenvalue weighted by Gasteiger charge is 2.15. The van der Waals surface area contributed by atoms with Gasteiger partial charge in [-0.1, -0.05) is 0 Å². The molecule has 0 atom stereocenters. The molecule has 0 radical (unpaired) electrons. The Hall–Kier alpha value is -2.73. The number of benzene rings is 2. The van der Waals surface area contributed by atoms with Crippen molar-refractivity contribution in [3.8, 4) is 5.75 Å². The molecule has 0 bridgehead atoms. The molecule has 22 heavy (non-hydrogen) atoms. The van der Waals surface area contributed by atoms with E-state index < -0.39 is 0 Å². The summed E-state index contributed by atoms with van der Waals surface area (Å²) >= 11 is 1.27. The number of amides is 1. The van der Waals surface area contributed by atoms with Crippen LogP contribution in [0.25, 0.3) is 10.2 Å². The highest BCUT2D eigenvalue weighted by atomic mass is 32.1. The normalized spacial score (nSPS) is 10.6. The van der Waals surface area contributed by atoms with Gasteiger partial charge in [-0.15, -0.1) is 11.3 Å². The number of phenols is 1. The zero-order valence-corrected chi connectivity index (χ0v) is 12.5. The van der Waals surface area contributed by atoms with Crippen LogP contribution >= 0.6 is 11.3 Å². The molecule has 2 aromatic carbocycles. The molecule has 5 nitrogen and oxygen atoms in total. The fourth-order valence-corrected chi connectivity index (χ4v) is 3.01. The second-order valence-electron chi connectivity index (χ2n) is 4.76. The van der Waals surface area contributed by atoms with E-state index in [1.807, 2.05) is 0 Å². The van der Waals surface area contributed by atoms with Crippen LogP contribution < -0.4 is 5.32 Å². The Bertz CT molecular complexity index is 869. The van der Waals surface area contributed by atoms with Crippen molar-refractivity contribution in [2.24, 2.45) is 0 Å². The number of phenolic OH excluding ortho intramolecular Hbond substituents is 1. The smallest absolute Gasteiger partial charge is 0.221 e. The summed E-state index contributed by atoms with van der Waals surface area (Å²) in [5, 5.41) is 12.3. The van der Waals surface area contributed by atoms with Gasteiger partial charge in [-0.3, -0.25) is 9.59 Å². The van der Waals surface area contributed by atoms with Crippen LogP contribution in [0.4, 0.5) is 5.69 Å². The lowest BCUT2D eigenvalue weighted by atomic mass is 10.1. The fraction of sp³-hybridized carbons (Fsp3) is 0.0625. The van der Waals surface area contributed by atoms with Crippen LogP contribution in [-0.4, -0.2) is 21.8 Å². The van der Waals surface area contributed by atoms with Crippen molar-refractivity contribution in [1.82, 2.24) is 4.98 Å². The zero-order valence-electron chi connectivity index (χ0n) is 11.7. The summed E-state index contributed by atoms with van der Waals surface area (Å²) < 4.78 is 0.827. The fourth-order valence-electron chi connectivity index (χ4n) is 2.04. The van der Waals surface area contributed by atoms with Gasteiger partial charge in [0, 0.05) is 18.2 Å². The molecule has 0 aliphatic rings. The van der Waals surface area contributed by atoms with Crippen molar-refractivity contribution >= 4 is 38.9 Å². The maximum Gasteiger partial charge on any atom is 0.221 e. The summed E-state index contributed by atoms with van der Waals surface area (Å²) in [6.45, 7) is 1.44. The molecule has 0 saturated carbocycles. The quantitative estimate of drug-likeness (QED) is 0.728. The average molecular weight is 312 g/mol. The van der Waals surface area contributed by atoms with Crippen LogP contribution in [0.15, 0.2) is 42.5 Å². The van der Waals surface area contributed by atoms with Gasteiger partial charge in [-0.25, -0.2) is 4.98 Å². The van der Waals surface area contributed by atoms with Crippen molar-refractivity contribution in [2.75, 3.05) is 5.32 Å². The third-order valence-corrected chi connectivity index (χ3v) is 4.05. The molecule has 3 rings (SSSR count). The second-order valence-corrected chi connectivity index (χ2v) is 5.79. The van der Waals surface area contributed by atoms with Gasteiger partial charge in [0.05, 0.1) is 10.2 Å². The first kappa shape index (κ1) is 14.2. The molecule has 3 aromatic rings. The molecule has 2 N–H and O–H groups in total. The van der Waals surface area contributed by atoms with Crippen LogP contribution in [-0.2, 0) is 4.79 Å². The third-order valence-electron chi connectivity index (χ3n) is 3.03. The van der Waals surface area contributed by atoms with Gasteiger partial charge < -0.3 is 10.4 Å². The predicted octanol–water partition coefficient (Wildman–Crippen LogP) is 3.19. The first-order valence-electron chi connectivity index (χ1n) is 6.55. The van der Waals surface area contributed by atoms with Gasteiger partial charge in [0.1, 0.15) is 5.75 Å². The van der Waals surface area contributed by atoms with Crippen molar-refractivity contribution < 1.29 is 14.7 Å². The van der Waals surface area contributed by atoms with E-state index in [1.165, 1.54) is 30.4 Å². The summed E-state index contributed by atoms with van der Waals surface area (Å²) in [7, 11) is 0. The lowest BCUT2D eigenvalue weighted by Gasteiger charge is -1.99. The average Bonchev–Trinajstić information content (AvgIpc) is 2.90. The monoisotopic (exact) mass is 312 g/mol. The van der Waals surface area contributed by atoms with Crippen molar-refractivity contribution in [3.63, 3.8) is 0 Å². The molecule has 0 fully saturated rings. The first-order chi connectivity index (χ1) is 10.5. The van der Waals surface area contributed by atoms with Crippen LogP contribution in [0.1, 0.15) is 22.3 Å². The van der Waals surface area contributed by atoms with Crippen molar-refractivity contribution in [1.29, 1.82) is 0 Å². The Labute approximate surface area is 130 Å². The molecule has 0 aliphatic carbocycles. The second kappa shape index (κ2) is 5.57. The number of anilines is 1. The third kappa shape index (κ3) is 2.82. The number of carbonyl (C=O) groups excluding carboxylic acids is 2. The standard InChI is InChI=1S/C16H12N2O3S/c1-9(19)17-11-4-7-13-14(8-11)22-16(18-13)15(21)10-2-5-12(20)6-3-10/h2-8,20H,1H3,(H,17,19). The summed E-state index contributed by atoms with van der Waals surface area (Å²) in [6.07, 6.45) is 0. The number of nitrogens with one attached hydrogen (secondary N) is 1. The number of hydrogen-bond donors (Lipinski definition) is 2. The molecule has 0 saturated heterocycles. The molecule has 6 heteroatoms. The van der Waals surface area contributed by atoms with E-state index >= 15 is 0 Å². The first-order valence-corrected chi connectivity index (χ1v) is 7.36. The Morgan fingerprint density at radius 3 is 2.55 bits per heavy atom. The topological polar surface area (TPSA) is 79.3 Å². The largest absolute Gasteiger partial charge is 0.508 e. The molecule has 110 valence electrons. The van der Waals surface area contributed by atoms with Gasteiger partial charge in [-0.2, -0.15) is 0 Å². The molecule has 1 heterocycles. The van der Waals surface area contributed by atoms with Crippen LogP contribution in [0.5, 0.6) is 5.75 Å². The van der Waals surface area contributed by atoms with Gasteiger partial charge >= 0.3 is 0 Å². The molecule has 0 unspecified atom stereocenters. The molecule has 0 aliphatic heterocycles. The summed E-state index contributed by atoms with van der Waals surface area (Å²) in [5.41, 5.74) is 1.85. The number of aromatic nitrogens is 1. The van der Waals surface area contributed by atoms with Gasteiger partial charge in [0.2, 0.25) is 11.7 Å². The number of rotatable bonds is 3. The van der Waals surface area contributed by atoms with E-state index in [-0.39, 0.29) is 17.4 Å². The minimum atomic E-state index is -0.192. The Kier molecular flexibility index (Phi) is 3.60. The summed E-state index contributed by atoms with van der Waals surface area (Å²) in [4.78, 5) is 27.8. The molecule has 1 aromatic heterocycles. The molecule has 0 spiro atoms. The number of hydrogen-bond acceptors (Lipinski definition) is 5. The Morgan fingerprint density at radius 1 is 1.14 bits per heavy atom. The zero-order chi connectivity index (χ0) is 15.7. The SMILES string of the molecule is CC(=O)Nc1ccc2nc(C(=O)c3ccc(O)cc3)sc2c1. The van der Waals surface area contributed by atoms with Crippen molar-refractivity contribution in [3.05, 3.63) is 53.0 Å². The summed E-state index contributed by atoms with van der Waals surface area (Å²) in [6, 6.07) is 11.4. The van der Waals surface area contributed by atoms with Gasteiger partial charge in [0.15, 0.2) is 5.01 Å². The number of carbonyl (C=O) groups is 2. The van der Waals surface area contributed by atoms with E-state index in [4.69, 9.17) is 0 Å². The lowest BCUT2D eigenvalue weighted by molar-refractivity contribution is -0.114.